The number of aliphatic hydroxyl groups is 1. The van der Waals surface area contributed by atoms with Crippen LogP contribution in [0.2, 0.25) is 0 Å². The molecule has 0 aliphatic heterocycles. The highest BCUT2D eigenvalue weighted by Crippen LogP contribution is 2.40. The molecule has 0 saturated carbocycles. The maximum Gasteiger partial charge on any atom is 0.211 e. The highest BCUT2D eigenvalue weighted by atomic mass is 32.2. The maximum absolute atomic E-state index is 14.5. The first-order valence-electron chi connectivity index (χ1n) is 7.82. The first-order valence-corrected chi connectivity index (χ1v) is 8.81. The second kappa shape index (κ2) is 8.60. The molecule has 1 aromatic carbocycles. The van der Waals surface area contributed by atoms with Gasteiger partial charge in [0.25, 0.3) is 0 Å². The van der Waals surface area contributed by atoms with Crippen LogP contribution >= 0.6 is 11.8 Å². The van der Waals surface area contributed by atoms with Crippen LogP contribution < -0.4 is 11.1 Å². The highest BCUT2D eigenvalue weighted by molar-refractivity contribution is 8.03. The number of nitrogens with zero attached hydrogens (tertiary/aromatic N) is 1. The zero-order chi connectivity index (χ0) is 19.3. The molecule has 1 atom stereocenters. The topological polar surface area (TPSA) is 87.7 Å². The molecule has 0 aromatic heterocycles. The molecule has 0 saturated heterocycles. The third-order valence-corrected chi connectivity index (χ3v) is 5.19. The summed E-state index contributed by atoms with van der Waals surface area (Å²) in [5.74, 6) is -0.116. The number of anilines is 1. The largest absolute Gasteiger partial charge is 0.386 e. The van der Waals surface area contributed by atoms with Crippen molar-refractivity contribution in [2.75, 3.05) is 11.2 Å². The van der Waals surface area contributed by atoms with E-state index in [1.54, 1.807) is 26.8 Å². The third kappa shape index (κ3) is 5.39. The molecule has 1 amide bonds. The molecule has 0 radical (unpaired) electrons. The van der Waals surface area contributed by atoms with Gasteiger partial charge in [-0.25, -0.2) is 4.39 Å². The first-order chi connectivity index (χ1) is 11.6. The summed E-state index contributed by atoms with van der Waals surface area (Å²) in [6.07, 6.45) is 0.860. The number of carbonyl (C=O) groups excluding carboxylic acids is 1. The van der Waals surface area contributed by atoms with Gasteiger partial charge in [0, 0.05) is 23.5 Å². The van der Waals surface area contributed by atoms with Crippen molar-refractivity contribution < 1.29 is 14.3 Å². The van der Waals surface area contributed by atoms with E-state index in [9.17, 15) is 14.3 Å². The number of nitrogens with two attached hydrogens (primary N) is 1. The van der Waals surface area contributed by atoms with E-state index in [0.717, 1.165) is 10.5 Å². The van der Waals surface area contributed by atoms with Crippen LogP contribution in [0.3, 0.4) is 0 Å². The Morgan fingerprint density at radius 1 is 1.48 bits per heavy atom. The van der Waals surface area contributed by atoms with Crippen molar-refractivity contribution in [3.05, 3.63) is 40.1 Å². The van der Waals surface area contributed by atoms with Gasteiger partial charge in [-0.05, 0) is 63.1 Å². The van der Waals surface area contributed by atoms with Gasteiger partial charge in [0.05, 0.1) is 11.1 Å². The maximum atomic E-state index is 14.5. The number of carbonyl (C=O) groups is 1. The Morgan fingerprint density at radius 3 is 2.60 bits per heavy atom. The van der Waals surface area contributed by atoms with E-state index in [-0.39, 0.29) is 0 Å². The average Bonchev–Trinajstić information content (AvgIpc) is 2.54. The van der Waals surface area contributed by atoms with Crippen molar-refractivity contribution in [1.29, 1.82) is 0 Å². The number of halogens is 1. The lowest BCUT2D eigenvalue weighted by molar-refractivity contribution is -0.105. The third-order valence-electron chi connectivity index (χ3n) is 4.22. The van der Waals surface area contributed by atoms with Crippen LogP contribution in [0.4, 0.5) is 10.1 Å². The fraction of sp³-hybridized carbons (Fsp3) is 0.444. The van der Waals surface area contributed by atoms with Gasteiger partial charge < -0.3 is 16.2 Å². The molecule has 4 N–H and O–H groups in total. The monoisotopic (exact) mass is 367 g/mol. The van der Waals surface area contributed by atoms with Crippen molar-refractivity contribution in [3.63, 3.8) is 0 Å². The van der Waals surface area contributed by atoms with Crippen molar-refractivity contribution in [2.45, 2.75) is 45.3 Å². The lowest BCUT2D eigenvalue weighted by Gasteiger charge is -2.30. The zero-order valence-electron chi connectivity index (χ0n) is 15.1. The summed E-state index contributed by atoms with van der Waals surface area (Å²) >= 11 is 1.38. The van der Waals surface area contributed by atoms with Crippen molar-refractivity contribution in [1.82, 2.24) is 0 Å². The highest BCUT2D eigenvalue weighted by Gasteiger charge is 2.32. The summed E-state index contributed by atoms with van der Waals surface area (Å²) in [6, 6.07) is 4.31. The van der Waals surface area contributed by atoms with Gasteiger partial charge in [-0.2, -0.15) is 0 Å². The molecular formula is C18H26FN3O2S. The molecule has 7 heteroatoms. The standard InChI is InChI=1S/C18H26FN3O2S/c1-12(17(2,3)24)16(25-10-20)9-18(4,21-5)14-8-13(22-11-23)6-7-15(14)19/h6-8,11,24H,5,9-10,20H2,1-4H3,(H,22,23)/b16-12-. The number of thioether (sulfide) groups is 1. The van der Waals surface area contributed by atoms with Crippen molar-refractivity contribution >= 4 is 30.6 Å². The molecule has 0 heterocycles. The minimum atomic E-state index is -1.03. The Balaban J connectivity index is 3.41. The van der Waals surface area contributed by atoms with E-state index in [1.165, 1.54) is 23.9 Å². The lowest BCUT2D eigenvalue weighted by Crippen LogP contribution is -2.26. The molecule has 5 nitrogen and oxygen atoms in total. The number of hydrogen-bond acceptors (Lipinski definition) is 5. The number of benzene rings is 1. The molecule has 138 valence electrons. The minimum absolute atomic E-state index is 0.313. The summed E-state index contributed by atoms with van der Waals surface area (Å²) < 4.78 is 14.5. The SMILES string of the molecule is C=NC(C)(C/C(SCN)=C(\C)C(C)(C)O)c1cc(NC=O)ccc1F. The van der Waals surface area contributed by atoms with Crippen LogP contribution in [0, 0.1) is 5.82 Å². The molecular weight excluding hydrogens is 341 g/mol. The average molecular weight is 367 g/mol. The van der Waals surface area contributed by atoms with Crippen LogP contribution in [0.5, 0.6) is 0 Å². The summed E-state index contributed by atoms with van der Waals surface area (Å²) in [5, 5.41) is 12.8. The lowest BCUT2D eigenvalue weighted by atomic mass is 9.86. The quantitative estimate of drug-likeness (QED) is 0.355. The van der Waals surface area contributed by atoms with Crippen LogP contribution in [0.25, 0.3) is 0 Å². The van der Waals surface area contributed by atoms with Crippen molar-refractivity contribution in [3.8, 4) is 0 Å². The predicted octanol–water partition coefficient (Wildman–Crippen LogP) is 3.39. The van der Waals surface area contributed by atoms with Crippen LogP contribution in [0.1, 0.15) is 39.7 Å². The van der Waals surface area contributed by atoms with E-state index < -0.39 is 17.0 Å². The van der Waals surface area contributed by atoms with Gasteiger partial charge in [-0.15, -0.1) is 11.8 Å². The summed E-state index contributed by atoms with van der Waals surface area (Å²) in [4.78, 5) is 15.7. The summed E-state index contributed by atoms with van der Waals surface area (Å²) in [5.41, 5.74) is 5.21. The van der Waals surface area contributed by atoms with E-state index in [4.69, 9.17) is 5.73 Å². The van der Waals surface area contributed by atoms with Gasteiger partial charge in [-0.3, -0.25) is 9.79 Å². The fourth-order valence-corrected chi connectivity index (χ4v) is 3.43. The van der Waals surface area contributed by atoms with E-state index in [2.05, 4.69) is 17.0 Å². The van der Waals surface area contributed by atoms with E-state index >= 15 is 0 Å². The predicted molar refractivity (Wildman–Crippen MR) is 103 cm³/mol. The molecule has 0 spiro atoms. The Labute approximate surface area is 152 Å². The number of aliphatic imine (C=N–C) groups is 1. The molecule has 1 rings (SSSR count). The minimum Gasteiger partial charge on any atom is -0.386 e. The van der Waals surface area contributed by atoms with Crippen molar-refractivity contribution in [2.24, 2.45) is 10.7 Å². The van der Waals surface area contributed by atoms with E-state index in [0.29, 0.717) is 30.0 Å². The molecule has 0 aliphatic carbocycles. The second-order valence-electron chi connectivity index (χ2n) is 6.48. The van der Waals surface area contributed by atoms with Gasteiger partial charge in [0.1, 0.15) is 5.82 Å². The second-order valence-corrected chi connectivity index (χ2v) is 7.60. The smallest absolute Gasteiger partial charge is 0.211 e. The normalized spacial score (nSPS) is 15.2. The number of rotatable bonds is 9. The summed E-state index contributed by atoms with van der Waals surface area (Å²) in [7, 11) is 0. The molecule has 0 aliphatic rings. The Morgan fingerprint density at radius 2 is 2.12 bits per heavy atom. The Bertz CT molecular complexity index is 671. The van der Waals surface area contributed by atoms with Crippen LogP contribution in [0.15, 0.2) is 33.7 Å². The number of amides is 1. The fourth-order valence-electron chi connectivity index (χ4n) is 2.38. The molecule has 1 aromatic rings. The molecule has 25 heavy (non-hydrogen) atoms. The summed E-state index contributed by atoms with van der Waals surface area (Å²) in [6.45, 7) is 10.6. The molecule has 1 unspecified atom stereocenters. The van der Waals surface area contributed by atoms with Crippen LogP contribution in [-0.2, 0) is 10.3 Å². The van der Waals surface area contributed by atoms with Gasteiger partial charge in [0.2, 0.25) is 6.41 Å². The number of nitrogens with one attached hydrogen (secondary N) is 1. The van der Waals surface area contributed by atoms with E-state index in [1.807, 2.05) is 6.92 Å². The van der Waals surface area contributed by atoms with Crippen LogP contribution in [-0.4, -0.2) is 29.7 Å². The number of hydrogen-bond donors (Lipinski definition) is 3. The van der Waals surface area contributed by atoms with Gasteiger partial charge in [0.15, 0.2) is 0 Å². The zero-order valence-corrected chi connectivity index (χ0v) is 15.9. The van der Waals surface area contributed by atoms with Gasteiger partial charge >= 0.3 is 0 Å². The Hall–Kier alpha value is -1.70. The van der Waals surface area contributed by atoms with Gasteiger partial charge in [-0.1, -0.05) is 0 Å². The first kappa shape index (κ1) is 21.3. The molecule has 0 fully saturated rings. The Kier molecular flexibility index (Phi) is 7.34. The molecule has 0 bridgehead atoms.